The molecule has 0 aliphatic carbocycles. The van der Waals surface area contributed by atoms with E-state index in [-0.39, 0.29) is 11.8 Å². The van der Waals surface area contributed by atoms with Crippen molar-refractivity contribution >= 4 is 34.2 Å². The summed E-state index contributed by atoms with van der Waals surface area (Å²) in [4.78, 5) is 19.6. The molecule has 0 bridgehead atoms. The van der Waals surface area contributed by atoms with Gasteiger partial charge in [0.15, 0.2) is 0 Å². The summed E-state index contributed by atoms with van der Waals surface area (Å²) in [7, 11) is 0. The van der Waals surface area contributed by atoms with Gasteiger partial charge in [-0.15, -0.1) is 0 Å². The molecule has 1 fully saturated rings. The van der Waals surface area contributed by atoms with Crippen molar-refractivity contribution in [3.63, 3.8) is 0 Å². The van der Waals surface area contributed by atoms with Crippen LogP contribution in [-0.4, -0.2) is 22.0 Å². The first-order valence-corrected chi connectivity index (χ1v) is 11.1. The number of fused-ring (bicyclic) bond motifs is 1. The normalized spacial score (nSPS) is 16.8. The van der Waals surface area contributed by atoms with E-state index in [0.717, 1.165) is 30.0 Å². The number of carbonyl (C=O) groups excluding carboxylic acids is 1. The summed E-state index contributed by atoms with van der Waals surface area (Å²) in [5.74, 6) is 1.31. The van der Waals surface area contributed by atoms with Crippen LogP contribution in [0.1, 0.15) is 57.2 Å². The lowest BCUT2D eigenvalue weighted by molar-refractivity contribution is -0.117. The fourth-order valence-corrected chi connectivity index (χ4v) is 4.39. The second-order valence-electron chi connectivity index (χ2n) is 7.91. The lowest BCUT2D eigenvalue weighted by Crippen LogP contribution is -2.24. The Bertz CT molecular complexity index is 979. The summed E-state index contributed by atoms with van der Waals surface area (Å²) in [6, 6.07) is 15.8. The molecule has 5 heteroatoms. The molecule has 1 amide bonds. The number of unbranched alkanes of at least 4 members (excludes halogenated alkanes) is 4. The van der Waals surface area contributed by atoms with Crippen molar-refractivity contribution in [3.05, 3.63) is 59.4 Å². The van der Waals surface area contributed by atoms with Crippen molar-refractivity contribution < 1.29 is 4.79 Å². The van der Waals surface area contributed by atoms with Gasteiger partial charge in [-0.3, -0.25) is 4.79 Å². The van der Waals surface area contributed by atoms with E-state index in [4.69, 9.17) is 16.6 Å². The maximum atomic E-state index is 12.8. The predicted molar refractivity (Wildman–Crippen MR) is 120 cm³/mol. The van der Waals surface area contributed by atoms with Gasteiger partial charge >= 0.3 is 0 Å². The van der Waals surface area contributed by atoms with Gasteiger partial charge < -0.3 is 9.47 Å². The molecule has 1 aliphatic rings. The molecule has 1 aliphatic heterocycles. The van der Waals surface area contributed by atoms with Gasteiger partial charge in [-0.05, 0) is 42.8 Å². The molecule has 29 heavy (non-hydrogen) atoms. The molecule has 152 valence electrons. The van der Waals surface area contributed by atoms with Crippen LogP contribution < -0.4 is 4.90 Å². The van der Waals surface area contributed by atoms with Crippen LogP contribution >= 0.6 is 11.6 Å². The van der Waals surface area contributed by atoms with Crippen LogP contribution in [0.5, 0.6) is 0 Å². The van der Waals surface area contributed by atoms with Gasteiger partial charge in [0, 0.05) is 36.1 Å². The second kappa shape index (κ2) is 9.00. The Morgan fingerprint density at radius 1 is 1.03 bits per heavy atom. The van der Waals surface area contributed by atoms with Gasteiger partial charge in [-0.25, -0.2) is 4.98 Å². The molecule has 0 saturated carbocycles. The quantitative estimate of drug-likeness (QED) is 0.416. The minimum absolute atomic E-state index is 0.112. The minimum Gasteiger partial charge on any atom is -0.328 e. The van der Waals surface area contributed by atoms with E-state index in [0.29, 0.717) is 18.0 Å². The van der Waals surface area contributed by atoms with Crippen molar-refractivity contribution in [2.75, 3.05) is 11.4 Å². The molecule has 2 aromatic carbocycles. The molecule has 0 radical (unpaired) electrons. The maximum Gasteiger partial charge on any atom is 0.227 e. The van der Waals surface area contributed by atoms with E-state index in [1.165, 1.54) is 31.2 Å². The highest BCUT2D eigenvalue weighted by Crippen LogP contribution is 2.33. The van der Waals surface area contributed by atoms with Crippen LogP contribution in [-0.2, 0) is 11.3 Å². The highest BCUT2D eigenvalue weighted by atomic mass is 35.5. The number of benzene rings is 2. The SMILES string of the molecule is CCCCCCCn1c(C2CC(=O)N(c3ccc(Cl)cc3)C2)nc2ccccc21. The molecule has 4 rings (SSSR count). The van der Waals surface area contributed by atoms with Crippen molar-refractivity contribution in [3.8, 4) is 0 Å². The van der Waals surface area contributed by atoms with Crippen molar-refractivity contribution in [1.29, 1.82) is 0 Å². The van der Waals surface area contributed by atoms with Gasteiger partial charge in [0.05, 0.1) is 11.0 Å². The van der Waals surface area contributed by atoms with Gasteiger partial charge in [0.2, 0.25) is 5.91 Å². The topological polar surface area (TPSA) is 38.1 Å². The fourth-order valence-electron chi connectivity index (χ4n) is 4.27. The predicted octanol–water partition coefficient (Wildman–Crippen LogP) is 6.18. The van der Waals surface area contributed by atoms with E-state index < -0.39 is 0 Å². The number of imidazole rings is 1. The first-order valence-electron chi connectivity index (χ1n) is 10.7. The molecule has 1 atom stereocenters. The number of hydrogen-bond donors (Lipinski definition) is 0. The standard InChI is InChI=1S/C24H28ClN3O/c1-2-3-4-5-8-15-27-22-10-7-6-9-21(22)26-24(27)18-16-23(29)28(17-18)20-13-11-19(25)12-14-20/h6-7,9-14,18H,2-5,8,15-17H2,1H3. The van der Waals surface area contributed by atoms with Gasteiger partial charge in [-0.1, -0.05) is 56.3 Å². The van der Waals surface area contributed by atoms with E-state index in [1.807, 2.05) is 35.2 Å². The van der Waals surface area contributed by atoms with Gasteiger partial charge in [0.1, 0.15) is 5.82 Å². The van der Waals surface area contributed by atoms with Crippen molar-refractivity contribution in [2.24, 2.45) is 0 Å². The lowest BCUT2D eigenvalue weighted by atomic mass is 10.1. The van der Waals surface area contributed by atoms with E-state index in [1.54, 1.807) is 0 Å². The average molecular weight is 410 g/mol. The van der Waals surface area contributed by atoms with Crippen molar-refractivity contribution in [2.45, 2.75) is 57.9 Å². The van der Waals surface area contributed by atoms with E-state index in [2.05, 4.69) is 29.7 Å². The Balaban J connectivity index is 1.57. The number of para-hydroxylation sites is 2. The molecule has 3 aromatic rings. The molecule has 1 unspecified atom stereocenters. The summed E-state index contributed by atoms with van der Waals surface area (Å²) < 4.78 is 2.35. The van der Waals surface area contributed by atoms with Crippen LogP contribution in [0.25, 0.3) is 11.0 Å². The Morgan fingerprint density at radius 2 is 1.79 bits per heavy atom. The van der Waals surface area contributed by atoms with Crippen LogP contribution in [0.4, 0.5) is 5.69 Å². The molecule has 1 aromatic heterocycles. The summed E-state index contributed by atoms with van der Waals surface area (Å²) in [6.07, 6.45) is 6.72. The van der Waals surface area contributed by atoms with Gasteiger partial charge in [0.25, 0.3) is 0 Å². The molecule has 2 heterocycles. The lowest BCUT2D eigenvalue weighted by Gasteiger charge is -2.17. The highest BCUT2D eigenvalue weighted by Gasteiger charge is 2.34. The third-order valence-corrected chi connectivity index (χ3v) is 6.05. The first-order chi connectivity index (χ1) is 14.2. The zero-order valence-corrected chi connectivity index (χ0v) is 17.7. The number of rotatable bonds is 8. The molecule has 1 saturated heterocycles. The summed E-state index contributed by atoms with van der Waals surface area (Å²) in [5.41, 5.74) is 3.10. The number of carbonyl (C=O) groups is 1. The fraction of sp³-hybridized carbons (Fsp3) is 0.417. The van der Waals surface area contributed by atoms with Crippen LogP contribution in [0.3, 0.4) is 0 Å². The monoisotopic (exact) mass is 409 g/mol. The molecule has 0 N–H and O–H groups in total. The molecular weight excluding hydrogens is 382 g/mol. The Morgan fingerprint density at radius 3 is 2.59 bits per heavy atom. The largest absolute Gasteiger partial charge is 0.328 e. The Labute approximate surface area is 177 Å². The number of amides is 1. The number of anilines is 1. The van der Waals surface area contributed by atoms with Gasteiger partial charge in [-0.2, -0.15) is 0 Å². The minimum atomic E-state index is 0.112. The number of aromatic nitrogens is 2. The highest BCUT2D eigenvalue weighted by molar-refractivity contribution is 6.30. The van der Waals surface area contributed by atoms with E-state index in [9.17, 15) is 4.79 Å². The summed E-state index contributed by atoms with van der Waals surface area (Å²) in [6.45, 7) is 3.87. The zero-order chi connectivity index (χ0) is 20.2. The number of aryl methyl sites for hydroxylation is 1. The number of hydrogen-bond acceptors (Lipinski definition) is 2. The number of halogens is 1. The first kappa shape index (κ1) is 20.0. The Kier molecular flexibility index (Phi) is 6.19. The summed E-state index contributed by atoms with van der Waals surface area (Å²) >= 11 is 6.01. The maximum absolute atomic E-state index is 12.8. The van der Waals surface area contributed by atoms with Crippen LogP contribution in [0, 0.1) is 0 Å². The van der Waals surface area contributed by atoms with E-state index >= 15 is 0 Å². The molecular formula is C24H28ClN3O. The van der Waals surface area contributed by atoms with Crippen LogP contribution in [0.15, 0.2) is 48.5 Å². The van der Waals surface area contributed by atoms with Crippen molar-refractivity contribution in [1.82, 2.24) is 9.55 Å². The Hall–Kier alpha value is -2.33. The van der Waals surface area contributed by atoms with Crippen LogP contribution in [0.2, 0.25) is 5.02 Å². The number of nitrogens with zero attached hydrogens (tertiary/aromatic N) is 3. The second-order valence-corrected chi connectivity index (χ2v) is 8.34. The third kappa shape index (κ3) is 4.32. The summed E-state index contributed by atoms with van der Waals surface area (Å²) in [5, 5.41) is 0.682. The third-order valence-electron chi connectivity index (χ3n) is 5.80. The zero-order valence-electron chi connectivity index (χ0n) is 17.0. The molecule has 4 nitrogen and oxygen atoms in total. The smallest absolute Gasteiger partial charge is 0.227 e. The average Bonchev–Trinajstić information content (AvgIpc) is 3.29. The molecule has 0 spiro atoms.